The Morgan fingerprint density at radius 3 is 2.51 bits per heavy atom. The molecule has 1 saturated carbocycles. The number of carbonyl (C=O) groups is 4. The monoisotopic (exact) mass is 612 g/mol. The van der Waals surface area contributed by atoms with Crippen LogP contribution in [0.15, 0.2) is 54.1 Å². The van der Waals surface area contributed by atoms with Crippen LogP contribution in [0.5, 0.6) is 11.5 Å². The van der Waals surface area contributed by atoms with Crippen LogP contribution in [0.4, 0.5) is 5.69 Å². The Kier molecular flexibility index (Phi) is 5.48. The number of nitrogens with one attached hydrogen (secondary N) is 1. The van der Waals surface area contributed by atoms with E-state index in [9.17, 15) is 24.3 Å². The third-order valence-electron chi connectivity index (χ3n) is 8.74. The lowest BCUT2D eigenvalue weighted by molar-refractivity contribution is -0.131. The van der Waals surface area contributed by atoms with Crippen molar-refractivity contribution in [2.24, 2.45) is 29.1 Å². The molecule has 0 bridgehead atoms. The minimum absolute atomic E-state index is 0.000829. The van der Waals surface area contributed by atoms with E-state index in [1.807, 2.05) is 47.7 Å². The fourth-order valence-corrected chi connectivity index (χ4v) is 7.67. The van der Waals surface area contributed by atoms with Crippen LogP contribution in [0.1, 0.15) is 31.2 Å². The molecule has 6 atom stereocenters. The first-order valence-electron chi connectivity index (χ1n) is 12.2. The van der Waals surface area contributed by atoms with Gasteiger partial charge in [0.05, 0.1) is 39.5 Å². The Balaban J connectivity index is 1.57. The highest BCUT2D eigenvalue weighted by molar-refractivity contribution is 14.1. The van der Waals surface area contributed by atoms with Crippen molar-refractivity contribution in [2.75, 3.05) is 12.0 Å². The second-order valence-corrected chi connectivity index (χ2v) is 11.6. The average molecular weight is 612 g/mol. The van der Waals surface area contributed by atoms with Crippen molar-refractivity contribution < 1.29 is 29.0 Å². The standard InChI is InChI=1S/C28H25IN2O6/c1-28-18(26(35)31(27(28)36)14-6-4-3-5-7-14)12-17-15(8-9-16-21(17)25(34)30-24(16)33)22(28)13-10-19(29)23(32)20(11-13)37-2/h3-8,10-11,16-18,21-22,32H,9,12H2,1-2H3,(H,30,33,34). The number of ether oxygens (including phenoxy) is 1. The minimum atomic E-state index is -1.13. The number of amides is 4. The number of benzene rings is 2. The molecule has 8 nitrogen and oxygen atoms in total. The quantitative estimate of drug-likeness (QED) is 0.312. The molecular weight excluding hydrogens is 587 g/mol. The van der Waals surface area contributed by atoms with Crippen LogP contribution in [0.3, 0.4) is 0 Å². The summed E-state index contributed by atoms with van der Waals surface area (Å²) in [7, 11) is 1.46. The van der Waals surface area contributed by atoms with Crippen LogP contribution in [0.25, 0.3) is 0 Å². The molecule has 0 aromatic heterocycles. The van der Waals surface area contributed by atoms with Gasteiger partial charge >= 0.3 is 0 Å². The molecule has 2 heterocycles. The number of fused-ring (bicyclic) bond motifs is 4. The number of hydrogen-bond acceptors (Lipinski definition) is 6. The summed E-state index contributed by atoms with van der Waals surface area (Å²) in [6.45, 7) is 1.83. The van der Waals surface area contributed by atoms with Crippen molar-refractivity contribution >= 4 is 51.9 Å². The molecule has 2 saturated heterocycles. The smallest absolute Gasteiger partial charge is 0.241 e. The number of nitrogens with zero attached hydrogens (tertiary/aromatic N) is 1. The fourth-order valence-electron chi connectivity index (χ4n) is 7.05. The number of phenolic OH excluding ortho intramolecular Hbond substituents is 1. The molecule has 2 aliphatic carbocycles. The Morgan fingerprint density at radius 1 is 1.08 bits per heavy atom. The summed E-state index contributed by atoms with van der Waals surface area (Å²) in [5, 5.41) is 13.0. The predicted molar refractivity (Wildman–Crippen MR) is 142 cm³/mol. The van der Waals surface area contributed by atoms with Crippen LogP contribution in [0.2, 0.25) is 0 Å². The molecule has 4 aliphatic rings. The normalized spacial score (nSPS) is 32.5. The first kappa shape index (κ1) is 24.1. The molecule has 9 heteroatoms. The Hall–Kier alpha value is -3.21. The number of aromatic hydroxyl groups is 1. The SMILES string of the molecule is COc1cc(C2C3=CCC4C(=O)NC(=O)C4C3CC3C(=O)N(c4ccccc4)C(=O)C32C)cc(I)c1O. The Labute approximate surface area is 227 Å². The van der Waals surface area contributed by atoms with Crippen molar-refractivity contribution in [3.63, 3.8) is 0 Å². The fraction of sp³-hybridized carbons (Fsp3) is 0.357. The molecule has 2 aromatic carbocycles. The van der Waals surface area contributed by atoms with E-state index in [0.29, 0.717) is 22.1 Å². The maximum atomic E-state index is 14.2. The molecule has 2 N–H and O–H groups in total. The van der Waals surface area contributed by atoms with E-state index in [1.165, 1.54) is 12.0 Å². The van der Waals surface area contributed by atoms with Crippen molar-refractivity contribution in [3.8, 4) is 11.5 Å². The van der Waals surface area contributed by atoms with E-state index in [1.54, 1.807) is 30.3 Å². The number of carbonyl (C=O) groups excluding carboxylic acids is 4. The van der Waals surface area contributed by atoms with Gasteiger partial charge in [0.1, 0.15) is 0 Å². The molecule has 0 spiro atoms. The molecule has 190 valence electrons. The maximum absolute atomic E-state index is 14.2. The number of rotatable bonds is 3. The number of halogens is 1. The summed E-state index contributed by atoms with van der Waals surface area (Å²) >= 11 is 2.02. The first-order chi connectivity index (χ1) is 17.7. The summed E-state index contributed by atoms with van der Waals surface area (Å²) in [6.07, 6.45) is 2.69. The third-order valence-corrected chi connectivity index (χ3v) is 9.56. The summed E-state index contributed by atoms with van der Waals surface area (Å²) in [5.41, 5.74) is 0.992. The molecule has 3 fully saturated rings. The summed E-state index contributed by atoms with van der Waals surface area (Å²) < 4.78 is 5.98. The van der Waals surface area contributed by atoms with Crippen LogP contribution >= 0.6 is 22.6 Å². The van der Waals surface area contributed by atoms with Crippen LogP contribution in [-0.2, 0) is 19.2 Å². The van der Waals surface area contributed by atoms with Gasteiger partial charge in [-0.15, -0.1) is 0 Å². The van der Waals surface area contributed by atoms with E-state index in [-0.39, 0.29) is 41.0 Å². The topological polar surface area (TPSA) is 113 Å². The zero-order valence-electron chi connectivity index (χ0n) is 20.2. The number of hydrogen-bond donors (Lipinski definition) is 2. The zero-order chi connectivity index (χ0) is 26.2. The zero-order valence-corrected chi connectivity index (χ0v) is 22.4. The van der Waals surface area contributed by atoms with Crippen molar-refractivity contribution in [1.29, 1.82) is 0 Å². The highest BCUT2D eigenvalue weighted by atomic mass is 127. The average Bonchev–Trinajstić information content (AvgIpc) is 3.28. The number of para-hydroxylation sites is 1. The molecule has 2 aromatic rings. The van der Waals surface area contributed by atoms with E-state index in [0.717, 1.165) is 11.1 Å². The molecular formula is C28H25IN2O6. The summed E-state index contributed by atoms with van der Waals surface area (Å²) in [6, 6.07) is 12.4. The molecule has 6 rings (SSSR count). The second-order valence-electron chi connectivity index (χ2n) is 10.4. The number of phenols is 1. The highest BCUT2D eigenvalue weighted by Gasteiger charge is 2.67. The molecule has 6 unspecified atom stereocenters. The second kappa shape index (κ2) is 8.41. The van der Waals surface area contributed by atoms with Crippen LogP contribution in [0, 0.1) is 32.7 Å². The van der Waals surface area contributed by atoms with Crippen molar-refractivity contribution in [1.82, 2.24) is 5.32 Å². The van der Waals surface area contributed by atoms with Crippen LogP contribution in [-0.4, -0.2) is 35.8 Å². The Morgan fingerprint density at radius 2 is 1.81 bits per heavy atom. The highest BCUT2D eigenvalue weighted by Crippen LogP contribution is 2.63. The van der Waals surface area contributed by atoms with Gasteiger partial charge in [-0.25, -0.2) is 4.90 Å². The van der Waals surface area contributed by atoms with Gasteiger partial charge in [0.25, 0.3) is 0 Å². The lowest BCUT2D eigenvalue weighted by Crippen LogP contribution is -2.48. The van der Waals surface area contributed by atoms with E-state index in [4.69, 9.17) is 4.74 Å². The van der Waals surface area contributed by atoms with Gasteiger partial charge in [0.15, 0.2) is 11.5 Å². The molecule has 37 heavy (non-hydrogen) atoms. The minimum Gasteiger partial charge on any atom is -0.504 e. The van der Waals surface area contributed by atoms with Gasteiger partial charge < -0.3 is 9.84 Å². The van der Waals surface area contributed by atoms with Gasteiger partial charge in [0, 0.05) is 5.92 Å². The van der Waals surface area contributed by atoms with Gasteiger partial charge in [-0.3, -0.25) is 24.5 Å². The van der Waals surface area contributed by atoms with Crippen LogP contribution < -0.4 is 15.0 Å². The van der Waals surface area contributed by atoms with E-state index >= 15 is 0 Å². The Bertz CT molecular complexity index is 1400. The van der Waals surface area contributed by atoms with Gasteiger partial charge in [-0.05, 0) is 78.1 Å². The summed E-state index contributed by atoms with van der Waals surface area (Å²) in [5.74, 6) is -3.57. The van der Waals surface area contributed by atoms with Gasteiger partial charge in [0.2, 0.25) is 23.6 Å². The van der Waals surface area contributed by atoms with E-state index in [2.05, 4.69) is 5.32 Å². The number of anilines is 1. The van der Waals surface area contributed by atoms with Gasteiger partial charge in [-0.1, -0.05) is 29.8 Å². The molecule has 2 aliphatic heterocycles. The number of allylic oxidation sites excluding steroid dienone is 2. The van der Waals surface area contributed by atoms with Crippen molar-refractivity contribution in [3.05, 3.63) is 63.2 Å². The van der Waals surface area contributed by atoms with Gasteiger partial charge in [-0.2, -0.15) is 0 Å². The third kappa shape index (κ3) is 3.25. The van der Waals surface area contributed by atoms with E-state index < -0.39 is 29.1 Å². The summed E-state index contributed by atoms with van der Waals surface area (Å²) in [4.78, 5) is 54.9. The predicted octanol–water partition coefficient (Wildman–Crippen LogP) is 3.52. The number of methoxy groups -OCH3 is 1. The van der Waals surface area contributed by atoms with Crippen molar-refractivity contribution in [2.45, 2.75) is 25.7 Å². The lowest BCUT2D eigenvalue weighted by Gasteiger charge is -2.49. The number of imide groups is 2. The molecule has 4 amide bonds. The largest absolute Gasteiger partial charge is 0.504 e. The molecule has 0 radical (unpaired) electrons. The first-order valence-corrected chi connectivity index (χ1v) is 13.3. The lowest BCUT2D eigenvalue weighted by atomic mass is 9.51. The maximum Gasteiger partial charge on any atom is 0.241 e.